The molecule has 0 spiro atoms. The van der Waals surface area contributed by atoms with Gasteiger partial charge in [-0.2, -0.15) is 4.80 Å². The number of aryl methyl sites for hydroxylation is 1. The van der Waals surface area contributed by atoms with Crippen LogP contribution in [0.2, 0.25) is 0 Å². The van der Waals surface area contributed by atoms with Gasteiger partial charge in [0.2, 0.25) is 5.82 Å². The molecule has 25 heavy (non-hydrogen) atoms. The first-order chi connectivity index (χ1) is 12.1. The summed E-state index contributed by atoms with van der Waals surface area (Å²) in [5.74, 6) is 0.335. The van der Waals surface area contributed by atoms with Crippen LogP contribution in [-0.4, -0.2) is 38.4 Å². The largest absolute Gasteiger partial charge is 0.497 e. The molecule has 0 bridgehead atoms. The summed E-state index contributed by atoms with van der Waals surface area (Å²) in [5, 5.41) is 21.7. The zero-order valence-electron chi connectivity index (χ0n) is 14.0. The summed E-state index contributed by atoms with van der Waals surface area (Å²) in [7, 11) is 1.63. The molecule has 0 aliphatic carbocycles. The van der Waals surface area contributed by atoms with Gasteiger partial charge in [-0.05, 0) is 47.0 Å². The highest BCUT2D eigenvalue weighted by atomic mass is 16.5. The van der Waals surface area contributed by atoms with Crippen molar-refractivity contribution in [1.82, 2.24) is 20.2 Å². The van der Waals surface area contributed by atoms with Crippen LogP contribution in [0.3, 0.4) is 0 Å². The van der Waals surface area contributed by atoms with Crippen molar-refractivity contribution in [3.05, 3.63) is 59.2 Å². The van der Waals surface area contributed by atoms with Gasteiger partial charge in [-0.3, -0.25) is 0 Å². The highest BCUT2D eigenvalue weighted by Gasteiger charge is 2.13. The number of rotatable bonds is 6. The maximum absolute atomic E-state index is 11.2. The molecule has 2 aromatic carbocycles. The number of nitrogens with zero attached hydrogens (tertiary/aromatic N) is 4. The number of aromatic carboxylic acids is 1. The second-order valence-electron chi connectivity index (χ2n) is 5.52. The van der Waals surface area contributed by atoms with Gasteiger partial charge in [-0.15, -0.1) is 10.2 Å². The maximum atomic E-state index is 11.2. The number of benzene rings is 2. The molecule has 1 heterocycles. The molecule has 7 heteroatoms. The predicted molar refractivity (Wildman–Crippen MR) is 91.7 cm³/mol. The fraction of sp³-hybridized carbons (Fsp3) is 0.222. The van der Waals surface area contributed by atoms with Crippen LogP contribution < -0.4 is 4.74 Å². The summed E-state index contributed by atoms with van der Waals surface area (Å²) in [6.07, 6.45) is 0.620. The fourth-order valence-electron chi connectivity index (χ4n) is 2.55. The quantitative estimate of drug-likeness (QED) is 0.743. The van der Waals surface area contributed by atoms with Crippen LogP contribution in [0.5, 0.6) is 5.75 Å². The van der Waals surface area contributed by atoms with Crippen LogP contribution in [0.1, 0.15) is 28.4 Å². The average Bonchev–Trinajstić information content (AvgIpc) is 3.10. The van der Waals surface area contributed by atoms with E-state index in [4.69, 9.17) is 4.74 Å². The third-order valence-corrected chi connectivity index (χ3v) is 3.91. The maximum Gasteiger partial charge on any atom is 0.335 e. The smallest absolute Gasteiger partial charge is 0.335 e. The van der Waals surface area contributed by atoms with Crippen molar-refractivity contribution >= 4 is 5.97 Å². The van der Waals surface area contributed by atoms with Gasteiger partial charge in [-0.25, -0.2) is 4.79 Å². The lowest BCUT2D eigenvalue weighted by molar-refractivity contribution is 0.0695. The fourth-order valence-corrected chi connectivity index (χ4v) is 2.55. The van der Waals surface area contributed by atoms with Crippen molar-refractivity contribution in [2.75, 3.05) is 7.11 Å². The molecule has 3 rings (SSSR count). The first-order valence-electron chi connectivity index (χ1n) is 7.88. The molecular formula is C18H18N4O3. The van der Waals surface area contributed by atoms with Gasteiger partial charge < -0.3 is 9.84 Å². The molecule has 0 radical (unpaired) electrons. The summed E-state index contributed by atoms with van der Waals surface area (Å²) >= 11 is 0. The van der Waals surface area contributed by atoms with Crippen molar-refractivity contribution in [1.29, 1.82) is 0 Å². The standard InChI is InChI=1S/C18H18N4O3/c1-3-13-10-14(6-9-16(13)18(23)24)17-19-21-22(20-17)11-12-4-7-15(25-2)8-5-12/h4-10H,3,11H2,1-2H3,(H,23,24). The van der Waals surface area contributed by atoms with E-state index in [-0.39, 0.29) is 0 Å². The van der Waals surface area contributed by atoms with Gasteiger partial charge in [0, 0.05) is 5.56 Å². The minimum Gasteiger partial charge on any atom is -0.497 e. The summed E-state index contributed by atoms with van der Waals surface area (Å²) < 4.78 is 5.14. The molecule has 1 N–H and O–H groups in total. The molecule has 7 nitrogen and oxygen atoms in total. The topological polar surface area (TPSA) is 90.1 Å². The second kappa shape index (κ2) is 7.12. The third-order valence-electron chi connectivity index (χ3n) is 3.91. The van der Waals surface area contributed by atoms with E-state index in [1.165, 1.54) is 4.80 Å². The minimum atomic E-state index is -0.931. The van der Waals surface area contributed by atoms with E-state index in [1.807, 2.05) is 31.2 Å². The van der Waals surface area contributed by atoms with E-state index in [0.29, 0.717) is 24.4 Å². The first-order valence-corrected chi connectivity index (χ1v) is 7.88. The molecule has 0 aliphatic heterocycles. The van der Waals surface area contributed by atoms with Crippen molar-refractivity contribution in [2.24, 2.45) is 0 Å². The Morgan fingerprint density at radius 2 is 1.96 bits per heavy atom. The van der Waals surface area contributed by atoms with Crippen LogP contribution in [0, 0.1) is 0 Å². The zero-order valence-corrected chi connectivity index (χ0v) is 14.0. The summed E-state index contributed by atoms with van der Waals surface area (Å²) in [6, 6.07) is 12.7. The highest BCUT2D eigenvalue weighted by molar-refractivity contribution is 5.90. The van der Waals surface area contributed by atoms with Crippen molar-refractivity contribution < 1.29 is 14.6 Å². The third kappa shape index (κ3) is 3.65. The summed E-state index contributed by atoms with van der Waals surface area (Å²) in [6.45, 7) is 2.41. The Hall–Kier alpha value is -3.22. The molecule has 0 aliphatic rings. The van der Waals surface area contributed by atoms with Gasteiger partial charge >= 0.3 is 5.97 Å². The summed E-state index contributed by atoms with van der Waals surface area (Å²) in [5.41, 5.74) is 2.83. The Labute approximate surface area is 144 Å². The van der Waals surface area contributed by atoms with Gasteiger partial charge in [0.05, 0.1) is 19.2 Å². The van der Waals surface area contributed by atoms with Crippen LogP contribution in [0.25, 0.3) is 11.4 Å². The van der Waals surface area contributed by atoms with Crippen molar-refractivity contribution in [3.8, 4) is 17.1 Å². The normalized spacial score (nSPS) is 10.6. The van der Waals surface area contributed by atoms with E-state index < -0.39 is 5.97 Å². The number of ether oxygens (including phenoxy) is 1. The SMILES string of the molecule is CCc1cc(-c2nnn(Cc3ccc(OC)cc3)n2)ccc1C(=O)O. The Morgan fingerprint density at radius 1 is 1.20 bits per heavy atom. The van der Waals surface area contributed by atoms with Gasteiger partial charge in [0.15, 0.2) is 0 Å². The molecule has 0 saturated heterocycles. The molecule has 0 atom stereocenters. The molecule has 0 saturated carbocycles. The van der Waals surface area contributed by atoms with Gasteiger partial charge in [0.25, 0.3) is 0 Å². The Morgan fingerprint density at radius 3 is 2.60 bits per heavy atom. The van der Waals surface area contributed by atoms with Crippen LogP contribution in [0.15, 0.2) is 42.5 Å². The number of carboxylic acids is 1. The Balaban J connectivity index is 1.82. The molecule has 0 fully saturated rings. The van der Waals surface area contributed by atoms with E-state index in [2.05, 4.69) is 15.4 Å². The minimum absolute atomic E-state index is 0.303. The number of tetrazole rings is 1. The lowest BCUT2D eigenvalue weighted by Crippen LogP contribution is -2.04. The number of carbonyl (C=O) groups is 1. The average molecular weight is 338 g/mol. The molecule has 128 valence electrons. The van der Waals surface area contributed by atoms with Crippen molar-refractivity contribution in [3.63, 3.8) is 0 Å². The van der Waals surface area contributed by atoms with Crippen molar-refractivity contribution in [2.45, 2.75) is 19.9 Å². The molecule has 3 aromatic rings. The van der Waals surface area contributed by atoms with Crippen LogP contribution in [-0.2, 0) is 13.0 Å². The highest BCUT2D eigenvalue weighted by Crippen LogP contribution is 2.20. The van der Waals surface area contributed by atoms with Gasteiger partial charge in [0.1, 0.15) is 5.75 Å². The lowest BCUT2D eigenvalue weighted by atomic mass is 10.0. The van der Waals surface area contributed by atoms with Crippen LogP contribution >= 0.6 is 0 Å². The lowest BCUT2D eigenvalue weighted by Gasteiger charge is -2.05. The van der Waals surface area contributed by atoms with E-state index in [0.717, 1.165) is 22.4 Å². The molecule has 0 unspecified atom stereocenters. The number of hydrogen-bond donors (Lipinski definition) is 1. The second-order valence-corrected chi connectivity index (χ2v) is 5.52. The monoisotopic (exact) mass is 338 g/mol. The molecule has 1 aromatic heterocycles. The number of aromatic nitrogens is 4. The predicted octanol–water partition coefficient (Wildman–Crippen LogP) is 2.66. The molecule has 0 amide bonds. The van der Waals surface area contributed by atoms with E-state index in [9.17, 15) is 9.90 Å². The Bertz CT molecular complexity index is 888. The number of carboxylic acid groups (broad SMARTS) is 1. The van der Waals surface area contributed by atoms with Crippen LogP contribution in [0.4, 0.5) is 0 Å². The zero-order chi connectivity index (χ0) is 17.8. The summed E-state index contributed by atoms with van der Waals surface area (Å²) in [4.78, 5) is 12.7. The van der Waals surface area contributed by atoms with E-state index >= 15 is 0 Å². The van der Waals surface area contributed by atoms with E-state index in [1.54, 1.807) is 25.3 Å². The van der Waals surface area contributed by atoms with Gasteiger partial charge in [-0.1, -0.05) is 25.1 Å². The molecular weight excluding hydrogens is 320 g/mol. The first kappa shape index (κ1) is 16.6. The Kier molecular flexibility index (Phi) is 4.74. The number of methoxy groups -OCH3 is 1. The number of hydrogen-bond acceptors (Lipinski definition) is 5.